The molecule has 1 fully saturated rings. The van der Waals surface area contributed by atoms with Gasteiger partial charge >= 0.3 is 5.97 Å². The Balaban J connectivity index is 2.78. The Morgan fingerprint density at radius 3 is 2.23 bits per heavy atom. The van der Waals surface area contributed by atoms with Crippen LogP contribution in [0.2, 0.25) is 0 Å². The number of carbonyl (C=O) groups is 3. The lowest BCUT2D eigenvalue weighted by Gasteiger charge is -2.50. The average Bonchev–Trinajstić information content (AvgIpc) is 2.50. The van der Waals surface area contributed by atoms with Gasteiger partial charge < -0.3 is 9.53 Å². The van der Waals surface area contributed by atoms with E-state index >= 15 is 0 Å². The molecule has 0 aromatic heterocycles. The number of esters is 1. The first-order chi connectivity index (χ1) is 12.0. The lowest BCUT2D eigenvalue weighted by Crippen LogP contribution is -2.47. The summed E-state index contributed by atoms with van der Waals surface area (Å²) in [6.45, 7) is 11.8. The molecule has 1 saturated carbocycles. The molecule has 0 aliphatic heterocycles. The zero-order valence-electron chi connectivity index (χ0n) is 17.4. The Kier molecular flexibility index (Phi) is 8.23. The summed E-state index contributed by atoms with van der Waals surface area (Å²) in [4.78, 5) is 35.5. The van der Waals surface area contributed by atoms with E-state index in [0.29, 0.717) is 25.0 Å². The first kappa shape index (κ1) is 22.6. The van der Waals surface area contributed by atoms with Crippen LogP contribution in [-0.4, -0.2) is 24.1 Å². The summed E-state index contributed by atoms with van der Waals surface area (Å²) in [5, 5.41) is 0. The summed E-state index contributed by atoms with van der Waals surface area (Å²) in [5.74, 6) is 0.449. The molecule has 2 unspecified atom stereocenters. The van der Waals surface area contributed by atoms with Gasteiger partial charge in [-0.3, -0.25) is 9.59 Å². The van der Waals surface area contributed by atoms with E-state index in [0.717, 1.165) is 31.3 Å². The van der Waals surface area contributed by atoms with Crippen LogP contribution in [-0.2, 0) is 19.1 Å². The molecule has 0 amide bonds. The number of ether oxygens (including phenoxy) is 1. The highest BCUT2D eigenvalue weighted by Crippen LogP contribution is 2.54. The topological polar surface area (TPSA) is 60.4 Å². The molecule has 26 heavy (non-hydrogen) atoms. The Bertz CT molecular complexity index is 558. The van der Waals surface area contributed by atoms with Crippen LogP contribution in [0, 0.1) is 16.7 Å². The van der Waals surface area contributed by atoms with E-state index in [1.807, 2.05) is 13.0 Å². The lowest BCUT2D eigenvalue weighted by molar-refractivity contribution is -0.140. The Morgan fingerprint density at radius 1 is 1.00 bits per heavy atom. The highest BCUT2D eigenvalue weighted by Gasteiger charge is 2.49. The van der Waals surface area contributed by atoms with Gasteiger partial charge in [0.1, 0.15) is 18.2 Å². The summed E-state index contributed by atoms with van der Waals surface area (Å²) >= 11 is 0. The quantitative estimate of drug-likeness (QED) is 0.424. The molecular formula is C22H36O4. The second kappa shape index (κ2) is 9.48. The fraction of sp³-hybridized carbons (Fsp3) is 0.773. The number of hydrogen-bond donors (Lipinski definition) is 0. The van der Waals surface area contributed by atoms with Gasteiger partial charge in [0, 0.05) is 25.2 Å². The normalized spacial score (nSPS) is 25.6. The van der Waals surface area contributed by atoms with Gasteiger partial charge in [-0.1, -0.05) is 32.8 Å². The standard InChI is InChI=1S/C22H36O4/c1-16(12-15-26-18(3)24)8-11-20(25)22(6)14-7-13-21(4,5)19(22)10-9-17(2)23/h12,19H,7-11,13-15H2,1-6H3. The maximum absolute atomic E-state index is 13.2. The second-order valence-electron chi connectivity index (χ2n) is 8.83. The molecule has 4 nitrogen and oxygen atoms in total. The molecule has 0 heterocycles. The highest BCUT2D eigenvalue weighted by molar-refractivity contribution is 5.85. The fourth-order valence-corrected chi connectivity index (χ4v) is 4.51. The maximum atomic E-state index is 13.2. The molecule has 0 N–H and O–H groups in total. The highest BCUT2D eigenvalue weighted by atomic mass is 16.5. The van der Waals surface area contributed by atoms with E-state index in [4.69, 9.17) is 4.74 Å². The van der Waals surface area contributed by atoms with Gasteiger partial charge in [-0.25, -0.2) is 0 Å². The van der Waals surface area contributed by atoms with Crippen molar-refractivity contribution in [3.8, 4) is 0 Å². The van der Waals surface area contributed by atoms with Crippen molar-refractivity contribution < 1.29 is 19.1 Å². The molecule has 1 aliphatic carbocycles. The number of allylic oxidation sites excluding steroid dienone is 1. The van der Waals surface area contributed by atoms with E-state index in [2.05, 4.69) is 20.8 Å². The van der Waals surface area contributed by atoms with Crippen molar-refractivity contribution in [1.29, 1.82) is 0 Å². The molecule has 1 rings (SSSR count). The van der Waals surface area contributed by atoms with Crippen molar-refractivity contribution in [2.45, 2.75) is 86.5 Å². The van der Waals surface area contributed by atoms with E-state index < -0.39 is 0 Å². The fourth-order valence-electron chi connectivity index (χ4n) is 4.51. The van der Waals surface area contributed by atoms with E-state index in [1.54, 1.807) is 6.92 Å². The number of Topliss-reactive ketones (excluding diaryl/α,β-unsaturated/α-hetero) is 2. The second-order valence-corrected chi connectivity index (χ2v) is 8.83. The molecule has 0 aromatic carbocycles. The molecule has 148 valence electrons. The van der Waals surface area contributed by atoms with Crippen molar-refractivity contribution in [2.24, 2.45) is 16.7 Å². The largest absolute Gasteiger partial charge is 0.462 e. The smallest absolute Gasteiger partial charge is 0.302 e. The Morgan fingerprint density at radius 2 is 1.65 bits per heavy atom. The maximum Gasteiger partial charge on any atom is 0.302 e. The third-order valence-electron chi connectivity index (χ3n) is 6.12. The summed E-state index contributed by atoms with van der Waals surface area (Å²) in [5.41, 5.74) is 0.796. The number of ketones is 2. The molecule has 4 heteroatoms. The molecule has 0 saturated heterocycles. The summed E-state index contributed by atoms with van der Waals surface area (Å²) in [7, 11) is 0. The first-order valence-electron chi connectivity index (χ1n) is 9.81. The van der Waals surface area contributed by atoms with Gasteiger partial charge in [0.25, 0.3) is 0 Å². The van der Waals surface area contributed by atoms with Crippen molar-refractivity contribution in [1.82, 2.24) is 0 Å². The van der Waals surface area contributed by atoms with Crippen LogP contribution < -0.4 is 0 Å². The molecule has 0 spiro atoms. The van der Waals surface area contributed by atoms with Gasteiger partial charge in [0.2, 0.25) is 0 Å². The monoisotopic (exact) mass is 364 g/mol. The van der Waals surface area contributed by atoms with Crippen LogP contribution in [0.1, 0.15) is 86.5 Å². The zero-order valence-corrected chi connectivity index (χ0v) is 17.4. The van der Waals surface area contributed by atoms with E-state index in [-0.39, 0.29) is 35.1 Å². The van der Waals surface area contributed by atoms with Crippen LogP contribution in [0.25, 0.3) is 0 Å². The van der Waals surface area contributed by atoms with Crippen LogP contribution in [0.3, 0.4) is 0 Å². The van der Waals surface area contributed by atoms with Crippen LogP contribution in [0.5, 0.6) is 0 Å². The van der Waals surface area contributed by atoms with Gasteiger partial charge in [0.05, 0.1) is 0 Å². The summed E-state index contributed by atoms with van der Waals surface area (Å²) in [6, 6.07) is 0. The molecule has 2 atom stereocenters. The van der Waals surface area contributed by atoms with Crippen molar-refractivity contribution >= 4 is 17.5 Å². The number of carbonyl (C=O) groups excluding carboxylic acids is 3. The van der Waals surface area contributed by atoms with Gasteiger partial charge in [0.15, 0.2) is 0 Å². The van der Waals surface area contributed by atoms with Crippen LogP contribution >= 0.6 is 0 Å². The van der Waals surface area contributed by atoms with Crippen molar-refractivity contribution in [3.63, 3.8) is 0 Å². The first-order valence-corrected chi connectivity index (χ1v) is 9.81. The van der Waals surface area contributed by atoms with Crippen LogP contribution in [0.15, 0.2) is 11.6 Å². The molecule has 0 radical (unpaired) electrons. The average molecular weight is 365 g/mol. The third kappa shape index (κ3) is 6.37. The number of rotatable bonds is 9. The summed E-state index contributed by atoms with van der Waals surface area (Å²) < 4.78 is 4.92. The van der Waals surface area contributed by atoms with Crippen molar-refractivity contribution in [3.05, 3.63) is 11.6 Å². The molecule has 0 aromatic rings. The predicted octanol–water partition coefficient (Wildman–Crippen LogP) is 5.05. The minimum Gasteiger partial charge on any atom is -0.462 e. The Hall–Kier alpha value is -1.45. The van der Waals surface area contributed by atoms with Gasteiger partial charge in [-0.15, -0.1) is 0 Å². The van der Waals surface area contributed by atoms with Gasteiger partial charge in [-0.2, -0.15) is 0 Å². The molecular weight excluding hydrogens is 328 g/mol. The zero-order chi connectivity index (χ0) is 20.0. The molecule has 0 bridgehead atoms. The van der Waals surface area contributed by atoms with E-state index in [9.17, 15) is 14.4 Å². The minimum atomic E-state index is -0.354. The summed E-state index contributed by atoms with van der Waals surface area (Å²) in [6.07, 6.45) is 7.50. The van der Waals surface area contributed by atoms with Gasteiger partial charge in [-0.05, 0) is 56.9 Å². The predicted molar refractivity (Wildman–Crippen MR) is 104 cm³/mol. The van der Waals surface area contributed by atoms with Crippen LogP contribution in [0.4, 0.5) is 0 Å². The molecule has 1 aliphatic rings. The van der Waals surface area contributed by atoms with Crippen molar-refractivity contribution in [2.75, 3.05) is 6.61 Å². The number of hydrogen-bond acceptors (Lipinski definition) is 4. The minimum absolute atomic E-state index is 0.0817. The SMILES string of the molecule is CC(=O)CCC1C(C)(C)CCCC1(C)C(=O)CCC(C)=CCOC(C)=O. The Labute approximate surface area is 158 Å². The lowest BCUT2D eigenvalue weighted by atomic mass is 9.53. The van der Waals surface area contributed by atoms with E-state index in [1.165, 1.54) is 6.92 Å². The third-order valence-corrected chi connectivity index (χ3v) is 6.12.